The zero-order valence-corrected chi connectivity index (χ0v) is 11.0. The normalized spacial score (nSPS) is 24.0. The summed E-state index contributed by atoms with van der Waals surface area (Å²) >= 11 is 1.78. The molecular formula is C14H17F2NS. The number of hydrogen-bond donors (Lipinski definition) is 1. The average molecular weight is 269 g/mol. The highest BCUT2D eigenvalue weighted by atomic mass is 32.2. The number of rotatable bonds is 2. The highest BCUT2D eigenvalue weighted by Gasteiger charge is 2.42. The minimum atomic E-state index is -2.74. The monoisotopic (exact) mass is 269 g/mol. The molecule has 2 aliphatic rings. The van der Waals surface area contributed by atoms with Crippen molar-refractivity contribution in [2.45, 2.75) is 42.5 Å². The van der Waals surface area contributed by atoms with Gasteiger partial charge in [-0.05, 0) is 55.7 Å². The van der Waals surface area contributed by atoms with E-state index in [0.29, 0.717) is 13.0 Å². The van der Waals surface area contributed by atoms with Crippen LogP contribution >= 0.6 is 11.8 Å². The molecule has 0 amide bonds. The smallest absolute Gasteiger partial charge is 0.288 e. The second-order valence-electron chi connectivity index (χ2n) is 5.05. The quantitative estimate of drug-likeness (QED) is 0.881. The number of alkyl halides is 2. The van der Waals surface area contributed by atoms with Gasteiger partial charge in [0.2, 0.25) is 0 Å². The van der Waals surface area contributed by atoms with Gasteiger partial charge in [0.15, 0.2) is 0 Å². The highest BCUT2D eigenvalue weighted by molar-refractivity contribution is 7.99. The van der Waals surface area contributed by atoms with E-state index >= 15 is 0 Å². The van der Waals surface area contributed by atoms with Crippen LogP contribution in [0, 0.1) is 0 Å². The first-order valence-electron chi connectivity index (χ1n) is 6.55. The van der Waals surface area contributed by atoms with Crippen LogP contribution in [-0.4, -0.2) is 18.3 Å². The number of halogens is 2. The molecule has 0 saturated carbocycles. The van der Waals surface area contributed by atoms with E-state index in [1.165, 1.54) is 4.90 Å². The second-order valence-corrected chi connectivity index (χ2v) is 6.18. The first-order valence-corrected chi connectivity index (χ1v) is 7.54. The summed E-state index contributed by atoms with van der Waals surface area (Å²) in [4.78, 5) is 1.18. The maximum absolute atomic E-state index is 14.4. The van der Waals surface area contributed by atoms with Crippen molar-refractivity contribution in [2.24, 2.45) is 0 Å². The zero-order valence-electron chi connectivity index (χ0n) is 10.2. The van der Waals surface area contributed by atoms with Crippen molar-refractivity contribution in [3.63, 3.8) is 0 Å². The van der Waals surface area contributed by atoms with E-state index in [-0.39, 0.29) is 5.56 Å². The van der Waals surface area contributed by atoms with Crippen molar-refractivity contribution < 1.29 is 8.78 Å². The largest absolute Gasteiger partial charge is 0.308 e. The lowest BCUT2D eigenvalue weighted by atomic mass is 9.96. The van der Waals surface area contributed by atoms with E-state index in [0.717, 1.165) is 30.6 Å². The van der Waals surface area contributed by atoms with Gasteiger partial charge >= 0.3 is 0 Å². The standard InChI is InChI=1S/C14H17F2NS/c15-14(16,13-4-1-7-17-13)11-5-6-12-10(9-11)3-2-8-18-12/h5-6,9,13,17H,1-4,7-8H2. The first-order chi connectivity index (χ1) is 8.68. The number of aryl methyl sites for hydroxylation is 1. The van der Waals surface area contributed by atoms with Gasteiger partial charge in [0, 0.05) is 10.5 Å². The molecule has 0 bridgehead atoms. The third kappa shape index (κ3) is 2.16. The lowest BCUT2D eigenvalue weighted by Crippen LogP contribution is -2.38. The van der Waals surface area contributed by atoms with Gasteiger partial charge in [-0.1, -0.05) is 6.07 Å². The molecule has 98 valence electrons. The molecule has 4 heteroatoms. The molecule has 1 fully saturated rings. The molecule has 18 heavy (non-hydrogen) atoms. The molecule has 2 aliphatic heterocycles. The predicted octanol–water partition coefficient (Wildman–Crippen LogP) is 3.57. The van der Waals surface area contributed by atoms with Crippen LogP contribution in [0.25, 0.3) is 0 Å². The van der Waals surface area contributed by atoms with Gasteiger partial charge in [-0.3, -0.25) is 0 Å². The van der Waals surface area contributed by atoms with Gasteiger partial charge in [0.05, 0.1) is 6.04 Å². The number of nitrogens with one attached hydrogen (secondary N) is 1. The molecule has 1 saturated heterocycles. The highest BCUT2D eigenvalue weighted by Crippen LogP contribution is 2.39. The van der Waals surface area contributed by atoms with Gasteiger partial charge < -0.3 is 5.32 Å². The fourth-order valence-corrected chi connectivity index (χ4v) is 3.78. The number of fused-ring (bicyclic) bond motifs is 1. The van der Waals surface area contributed by atoms with Crippen LogP contribution in [0.2, 0.25) is 0 Å². The van der Waals surface area contributed by atoms with E-state index in [1.54, 1.807) is 23.9 Å². The molecule has 3 rings (SSSR count). The Kier molecular flexibility index (Phi) is 3.32. The lowest BCUT2D eigenvalue weighted by Gasteiger charge is -2.25. The maximum atomic E-state index is 14.4. The van der Waals surface area contributed by atoms with Gasteiger partial charge in [-0.2, -0.15) is 8.78 Å². The van der Waals surface area contributed by atoms with Crippen molar-refractivity contribution in [1.82, 2.24) is 5.32 Å². The van der Waals surface area contributed by atoms with Crippen molar-refractivity contribution in [3.05, 3.63) is 29.3 Å². The summed E-state index contributed by atoms with van der Waals surface area (Å²) in [5.41, 5.74) is 1.28. The van der Waals surface area contributed by atoms with Crippen LogP contribution < -0.4 is 5.32 Å². The SMILES string of the molecule is FC(F)(c1ccc2c(c1)CCCS2)C1CCCN1. The van der Waals surface area contributed by atoms with Crippen molar-refractivity contribution in [1.29, 1.82) is 0 Å². The minimum Gasteiger partial charge on any atom is -0.308 e. The number of thioether (sulfide) groups is 1. The molecule has 1 N–H and O–H groups in total. The van der Waals surface area contributed by atoms with Gasteiger partial charge in [-0.15, -0.1) is 11.8 Å². The molecule has 1 atom stereocenters. The average Bonchev–Trinajstić information content (AvgIpc) is 2.92. The van der Waals surface area contributed by atoms with Crippen LogP contribution in [0.5, 0.6) is 0 Å². The molecule has 0 spiro atoms. The predicted molar refractivity (Wildman–Crippen MR) is 70.4 cm³/mol. The van der Waals surface area contributed by atoms with Crippen LogP contribution in [0.15, 0.2) is 23.1 Å². The Morgan fingerprint density at radius 3 is 2.94 bits per heavy atom. The molecule has 1 nitrogen and oxygen atoms in total. The van der Waals surface area contributed by atoms with Crippen molar-refractivity contribution in [2.75, 3.05) is 12.3 Å². The Hall–Kier alpha value is -0.610. The first kappa shape index (κ1) is 12.4. The lowest BCUT2D eigenvalue weighted by molar-refractivity contribution is -0.0377. The summed E-state index contributed by atoms with van der Waals surface area (Å²) in [6.45, 7) is 0.709. The van der Waals surface area contributed by atoms with Crippen molar-refractivity contribution in [3.8, 4) is 0 Å². The van der Waals surface area contributed by atoms with Gasteiger partial charge in [-0.25, -0.2) is 0 Å². The third-order valence-corrected chi connectivity index (χ3v) is 4.99. The molecule has 0 radical (unpaired) electrons. The summed E-state index contributed by atoms with van der Waals surface area (Å²) in [6, 6.07) is 4.52. The van der Waals surface area contributed by atoms with Crippen molar-refractivity contribution >= 4 is 11.8 Å². The fraction of sp³-hybridized carbons (Fsp3) is 0.571. The third-order valence-electron chi connectivity index (χ3n) is 3.79. The number of hydrogen-bond acceptors (Lipinski definition) is 2. The molecule has 1 aromatic carbocycles. The van der Waals surface area contributed by atoms with Gasteiger partial charge in [0.25, 0.3) is 5.92 Å². The van der Waals surface area contributed by atoms with Crippen LogP contribution in [0.3, 0.4) is 0 Å². The Morgan fingerprint density at radius 2 is 2.17 bits per heavy atom. The Morgan fingerprint density at radius 1 is 1.28 bits per heavy atom. The molecule has 0 aliphatic carbocycles. The Bertz CT molecular complexity index is 441. The van der Waals surface area contributed by atoms with Gasteiger partial charge in [0.1, 0.15) is 0 Å². The summed E-state index contributed by atoms with van der Waals surface area (Å²) < 4.78 is 28.7. The van der Waals surface area contributed by atoms with Crippen LogP contribution in [-0.2, 0) is 12.3 Å². The molecule has 2 heterocycles. The Labute approximate surface area is 110 Å². The summed E-state index contributed by atoms with van der Waals surface area (Å²) in [5.74, 6) is -1.64. The minimum absolute atomic E-state index is 0.183. The molecule has 1 unspecified atom stereocenters. The van der Waals surface area contributed by atoms with E-state index in [4.69, 9.17) is 0 Å². The van der Waals surface area contributed by atoms with E-state index < -0.39 is 12.0 Å². The number of benzene rings is 1. The zero-order chi connectivity index (χ0) is 12.6. The fourth-order valence-electron chi connectivity index (χ4n) is 2.76. The topological polar surface area (TPSA) is 12.0 Å². The molecule has 1 aromatic rings. The summed E-state index contributed by atoms with van der Waals surface area (Å²) in [7, 11) is 0. The van der Waals surface area contributed by atoms with E-state index in [9.17, 15) is 8.78 Å². The Balaban J connectivity index is 1.91. The molecular weight excluding hydrogens is 252 g/mol. The summed E-state index contributed by atoms with van der Waals surface area (Å²) in [5, 5.41) is 2.92. The maximum Gasteiger partial charge on any atom is 0.288 e. The molecule has 0 aromatic heterocycles. The van der Waals surface area contributed by atoms with Crippen LogP contribution in [0.1, 0.15) is 30.4 Å². The van der Waals surface area contributed by atoms with Crippen LogP contribution in [0.4, 0.5) is 8.78 Å². The van der Waals surface area contributed by atoms with E-state index in [1.807, 2.05) is 6.07 Å². The van der Waals surface area contributed by atoms with E-state index in [2.05, 4.69) is 5.32 Å². The summed E-state index contributed by atoms with van der Waals surface area (Å²) in [6.07, 6.45) is 3.44. The second kappa shape index (κ2) is 4.82.